The van der Waals surface area contributed by atoms with Crippen LogP contribution in [0.5, 0.6) is 11.5 Å². The highest BCUT2D eigenvalue weighted by Gasteiger charge is 2.18. The lowest BCUT2D eigenvalue weighted by molar-refractivity contribution is 0.100. The lowest BCUT2D eigenvalue weighted by Crippen LogP contribution is -2.21. The first-order chi connectivity index (χ1) is 16.0. The Labute approximate surface area is 203 Å². The van der Waals surface area contributed by atoms with Crippen LogP contribution < -0.4 is 26.3 Å². The number of carbonyl (C=O) groups is 1. The number of methoxy groups -OCH3 is 2. The van der Waals surface area contributed by atoms with Crippen molar-refractivity contribution in [1.29, 1.82) is 0 Å². The summed E-state index contributed by atoms with van der Waals surface area (Å²) in [7, 11) is 3.15. The summed E-state index contributed by atoms with van der Waals surface area (Å²) in [5.74, 6) is 1.53. The van der Waals surface area contributed by atoms with Crippen LogP contribution in [0.1, 0.15) is 28.4 Å². The van der Waals surface area contributed by atoms with Gasteiger partial charge in [-0.05, 0) is 30.7 Å². The highest BCUT2D eigenvalue weighted by Crippen LogP contribution is 2.33. The molecule has 10 heteroatoms. The van der Waals surface area contributed by atoms with Gasteiger partial charge in [0.25, 0.3) is 5.91 Å². The van der Waals surface area contributed by atoms with E-state index >= 15 is 0 Å². The predicted molar refractivity (Wildman–Crippen MR) is 134 cm³/mol. The lowest BCUT2D eigenvalue weighted by atomic mass is 10.0. The summed E-state index contributed by atoms with van der Waals surface area (Å²) in [6, 6.07) is 16.7. The molecule has 0 aliphatic carbocycles. The number of benzene rings is 2. The Balaban J connectivity index is 0.00000324. The minimum atomic E-state index is -0.571. The largest absolute Gasteiger partial charge is 0.493 e. The zero-order chi connectivity index (χ0) is 23.4. The highest BCUT2D eigenvalue weighted by atomic mass is 35.5. The number of nitrogens with two attached hydrogens (primary N) is 2. The molecule has 0 saturated carbocycles. The van der Waals surface area contributed by atoms with Crippen molar-refractivity contribution in [2.45, 2.75) is 12.5 Å². The molecule has 0 bridgehead atoms. The van der Waals surface area contributed by atoms with Crippen LogP contribution in [-0.2, 0) is 0 Å². The number of hydrogen-bond donors (Lipinski definition) is 3. The van der Waals surface area contributed by atoms with E-state index in [-0.39, 0.29) is 18.4 Å². The van der Waals surface area contributed by atoms with Gasteiger partial charge in [-0.25, -0.2) is 9.97 Å². The van der Waals surface area contributed by atoms with Crippen LogP contribution in [0.2, 0.25) is 0 Å². The molecule has 2 aromatic heterocycles. The van der Waals surface area contributed by atoms with Crippen molar-refractivity contribution in [1.82, 2.24) is 14.5 Å². The topological polar surface area (TPSA) is 130 Å². The van der Waals surface area contributed by atoms with Gasteiger partial charge >= 0.3 is 0 Å². The van der Waals surface area contributed by atoms with E-state index in [1.807, 2.05) is 41.0 Å². The molecule has 2 heterocycles. The molecule has 34 heavy (non-hydrogen) atoms. The van der Waals surface area contributed by atoms with E-state index in [0.717, 1.165) is 11.1 Å². The Morgan fingerprint density at radius 1 is 1.09 bits per heavy atom. The molecule has 0 fully saturated rings. The van der Waals surface area contributed by atoms with E-state index in [1.165, 1.54) is 0 Å². The van der Waals surface area contributed by atoms with Gasteiger partial charge in [0.15, 0.2) is 11.5 Å². The van der Waals surface area contributed by atoms with E-state index < -0.39 is 5.91 Å². The third-order valence-corrected chi connectivity index (χ3v) is 5.41. The SMILES string of the molecule is COc1cc2ncn(-c3ccc(C(N)=O)c(NC(CCN)c4ccccc4)n3)c2cc1OC.Cl. The number of amides is 1. The fourth-order valence-corrected chi connectivity index (χ4v) is 3.75. The van der Waals surface area contributed by atoms with Gasteiger partial charge in [-0.15, -0.1) is 12.4 Å². The van der Waals surface area contributed by atoms with Crippen molar-refractivity contribution in [2.75, 3.05) is 26.1 Å². The molecule has 178 valence electrons. The summed E-state index contributed by atoms with van der Waals surface area (Å²) in [5.41, 5.74) is 14.3. The van der Waals surface area contributed by atoms with Crippen LogP contribution in [-0.4, -0.2) is 41.2 Å². The molecule has 0 aliphatic rings. The van der Waals surface area contributed by atoms with E-state index in [2.05, 4.69) is 10.3 Å². The molecular weight excluding hydrogens is 456 g/mol. The van der Waals surface area contributed by atoms with Crippen LogP contribution in [0, 0.1) is 0 Å². The Morgan fingerprint density at radius 2 is 1.79 bits per heavy atom. The number of aromatic nitrogens is 3. The fourth-order valence-electron chi connectivity index (χ4n) is 3.75. The highest BCUT2D eigenvalue weighted by molar-refractivity contribution is 5.97. The van der Waals surface area contributed by atoms with Crippen molar-refractivity contribution >= 4 is 35.2 Å². The van der Waals surface area contributed by atoms with Gasteiger partial charge in [0.1, 0.15) is 18.0 Å². The molecule has 1 amide bonds. The molecule has 0 saturated heterocycles. The Kier molecular flexibility index (Phi) is 7.93. The number of anilines is 1. The summed E-state index contributed by atoms with van der Waals surface area (Å²) in [5, 5.41) is 3.37. The van der Waals surface area contributed by atoms with Gasteiger partial charge in [0.2, 0.25) is 0 Å². The second kappa shape index (κ2) is 10.9. The standard InChI is InChI=1S/C24H26N6O3.ClH/c1-32-20-12-18-19(13-21(20)33-2)30(14-27-18)22-9-8-16(23(26)31)24(29-22)28-17(10-11-25)15-6-4-3-5-7-15;/h3-9,12-14,17H,10-11,25H2,1-2H3,(H2,26,31)(H,28,29);1H. The molecular formula is C24H27ClN6O3. The lowest BCUT2D eigenvalue weighted by Gasteiger charge is -2.21. The average Bonchev–Trinajstić information content (AvgIpc) is 3.26. The van der Waals surface area contributed by atoms with Gasteiger partial charge in [-0.2, -0.15) is 0 Å². The van der Waals surface area contributed by atoms with Crippen molar-refractivity contribution in [2.24, 2.45) is 11.5 Å². The van der Waals surface area contributed by atoms with E-state index in [4.69, 9.17) is 25.9 Å². The summed E-state index contributed by atoms with van der Waals surface area (Å²) < 4.78 is 12.6. The van der Waals surface area contributed by atoms with Crippen molar-refractivity contribution in [3.63, 3.8) is 0 Å². The van der Waals surface area contributed by atoms with Gasteiger partial charge in [0.05, 0.1) is 36.9 Å². The Morgan fingerprint density at radius 3 is 2.44 bits per heavy atom. The molecule has 2 aromatic carbocycles. The summed E-state index contributed by atoms with van der Waals surface area (Å²) >= 11 is 0. The summed E-state index contributed by atoms with van der Waals surface area (Å²) in [6.07, 6.45) is 2.31. The monoisotopic (exact) mass is 482 g/mol. The predicted octanol–water partition coefficient (Wildman–Crippen LogP) is 3.46. The number of ether oxygens (including phenoxy) is 2. The smallest absolute Gasteiger partial charge is 0.252 e. The van der Waals surface area contributed by atoms with Gasteiger partial charge in [-0.1, -0.05) is 30.3 Å². The Hall–Kier alpha value is -3.82. The molecule has 4 rings (SSSR count). The maximum atomic E-state index is 12.1. The number of nitrogens with one attached hydrogen (secondary N) is 1. The summed E-state index contributed by atoms with van der Waals surface area (Å²) in [4.78, 5) is 21.3. The minimum absolute atomic E-state index is 0. The molecule has 4 aromatic rings. The first kappa shape index (κ1) is 24.8. The van der Waals surface area contributed by atoms with Crippen LogP contribution in [0.25, 0.3) is 16.9 Å². The molecule has 0 spiro atoms. The number of imidazole rings is 1. The van der Waals surface area contributed by atoms with Crippen molar-refractivity contribution < 1.29 is 14.3 Å². The molecule has 9 nitrogen and oxygen atoms in total. The molecule has 5 N–H and O–H groups in total. The van der Waals surface area contributed by atoms with Gasteiger partial charge in [-0.3, -0.25) is 9.36 Å². The first-order valence-corrected chi connectivity index (χ1v) is 10.5. The van der Waals surface area contributed by atoms with E-state index in [9.17, 15) is 4.79 Å². The first-order valence-electron chi connectivity index (χ1n) is 10.5. The number of fused-ring (bicyclic) bond motifs is 1. The van der Waals surface area contributed by atoms with Crippen LogP contribution in [0.15, 0.2) is 60.9 Å². The minimum Gasteiger partial charge on any atom is -0.493 e. The van der Waals surface area contributed by atoms with Gasteiger partial charge in [0, 0.05) is 12.1 Å². The van der Waals surface area contributed by atoms with Crippen LogP contribution in [0.3, 0.4) is 0 Å². The third kappa shape index (κ3) is 4.90. The molecule has 0 aliphatic heterocycles. The maximum absolute atomic E-state index is 12.1. The number of pyridine rings is 1. The maximum Gasteiger partial charge on any atom is 0.252 e. The average molecular weight is 483 g/mol. The van der Waals surface area contributed by atoms with Crippen LogP contribution in [0.4, 0.5) is 5.82 Å². The molecule has 1 atom stereocenters. The Bertz CT molecular complexity index is 1280. The van der Waals surface area contributed by atoms with Crippen LogP contribution >= 0.6 is 12.4 Å². The fraction of sp³-hybridized carbons (Fsp3) is 0.208. The number of hydrogen-bond acceptors (Lipinski definition) is 7. The zero-order valence-electron chi connectivity index (χ0n) is 18.9. The molecule has 1 unspecified atom stereocenters. The normalized spacial score (nSPS) is 11.5. The number of nitrogens with zero attached hydrogens (tertiary/aromatic N) is 3. The number of carbonyl (C=O) groups excluding carboxylic acids is 1. The number of primary amides is 1. The second-order valence-corrected chi connectivity index (χ2v) is 7.43. The number of halogens is 1. The summed E-state index contributed by atoms with van der Waals surface area (Å²) in [6.45, 7) is 0.464. The van der Waals surface area contributed by atoms with Gasteiger partial charge < -0.3 is 26.3 Å². The third-order valence-electron chi connectivity index (χ3n) is 5.41. The van der Waals surface area contributed by atoms with Crippen molar-refractivity contribution in [3.05, 3.63) is 72.1 Å². The van der Waals surface area contributed by atoms with E-state index in [0.29, 0.717) is 47.2 Å². The molecule has 0 radical (unpaired) electrons. The quantitative estimate of drug-likeness (QED) is 0.333. The second-order valence-electron chi connectivity index (χ2n) is 7.43. The number of rotatable bonds is 9. The zero-order valence-corrected chi connectivity index (χ0v) is 19.7. The van der Waals surface area contributed by atoms with Crippen molar-refractivity contribution in [3.8, 4) is 17.3 Å². The van der Waals surface area contributed by atoms with E-state index in [1.54, 1.807) is 38.7 Å².